The van der Waals surface area contributed by atoms with Crippen LogP contribution in [0, 0.1) is 24.7 Å². The van der Waals surface area contributed by atoms with E-state index in [0.29, 0.717) is 17.8 Å². The van der Waals surface area contributed by atoms with Gasteiger partial charge in [-0.2, -0.15) is 0 Å². The molecule has 0 unspecified atom stereocenters. The van der Waals surface area contributed by atoms with Crippen molar-refractivity contribution in [3.63, 3.8) is 0 Å². The van der Waals surface area contributed by atoms with Crippen molar-refractivity contribution in [1.29, 1.82) is 0 Å². The topological polar surface area (TPSA) is 12.0 Å². The van der Waals surface area contributed by atoms with Crippen molar-refractivity contribution >= 4 is 11.4 Å². The minimum atomic E-state index is 0.0505. The lowest BCUT2D eigenvalue weighted by Crippen LogP contribution is -2.35. The van der Waals surface area contributed by atoms with E-state index >= 15 is 0 Å². The molecule has 2 aromatic carbocycles. The van der Waals surface area contributed by atoms with Gasteiger partial charge in [-0.15, -0.1) is 0 Å². The summed E-state index contributed by atoms with van der Waals surface area (Å²) in [6.07, 6.45) is 8.25. The predicted octanol–water partition coefficient (Wildman–Crippen LogP) is 9.93. The van der Waals surface area contributed by atoms with Crippen LogP contribution < -0.4 is 5.32 Å². The minimum Gasteiger partial charge on any atom is -0.355 e. The van der Waals surface area contributed by atoms with Crippen molar-refractivity contribution < 1.29 is 0 Å². The van der Waals surface area contributed by atoms with Crippen molar-refractivity contribution in [1.82, 2.24) is 0 Å². The van der Waals surface area contributed by atoms with Crippen LogP contribution in [-0.4, -0.2) is 0 Å². The average molecular weight is 458 g/mol. The molecule has 0 aliphatic heterocycles. The molecule has 0 heterocycles. The summed E-state index contributed by atoms with van der Waals surface area (Å²) in [5.74, 6) is 1.84. The largest absolute Gasteiger partial charge is 0.355 e. The van der Waals surface area contributed by atoms with Gasteiger partial charge in [0.1, 0.15) is 0 Å². The first-order chi connectivity index (χ1) is 16.2. The van der Waals surface area contributed by atoms with E-state index in [1.807, 2.05) is 0 Å². The molecular formula is C33H47N. The summed E-state index contributed by atoms with van der Waals surface area (Å²) in [6, 6.07) is 15.6. The van der Waals surface area contributed by atoms with Crippen LogP contribution >= 0.6 is 0 Å². The lowest BCUT2D eigenvalue weighted by atomic mass is 9.60. The Balaban J connectivity index is 1.85. The molecule has 184 valence electrons. The van der Waals surface area contributed by atoms with Gasteiger partial charge < -0.3 is 5.32 Å². The second-order valence-electron chi connectivity index (χ2n) is 11.4. The molecule has 1 nitrogen and oxygen atoms in total. The summed E-state index contributed by atoms with van der Waals surface area (Å²) in [5.41, 5.74) is 9.37. The van der Waals surface area contributed by atoms with Crippen LogP contribution in [0.2, 0.25) is 0 Å². The fourth-order valence-electron chi connectivity index (χ4n) is 6.48. The molecular weight excluding hydrogens is 410 g/mol. The average Bonchev–Trinajstić information content (AvgIpc) is 2.74. The van der Waals surface area contributed by atoms with Crippen LogP contribution in [0.4, 0.5) is 11.4 Å². The molecule has 0 spiro atoms. The van der Waals surface area contributed by atoms with Gasteiger partial charge in [-0.25, -0.2) is 0 Å². The summed E-state index contributed by atoms with van der Waals surface area (Å²) in [6.45, 7) is 23.1. The van der Waals surface area contributed by atoms with Gasteiger partial charge in [0.25, 0.3) is 0 Å². The normalized spacial score (nSPS) is 20.9. The van der Waals surface area contributed by atoms with Gasteiger partial charge in [-0.1, -0.05) is 96.0 Å². The lowest BCUT2D eigenvalue weighted by molar-refractivity contribution is 0.293. The van der Waals surface area contributed by atoms with E-state index in [2.05, 4.69) is 102 Å². The summed E-state index contributed by atoms with van der Waals surface area (Å²) >= 11 is 0. The van der Waals surface area contributed by atoms with E-state index in [1.54, 1.807) is 0 Å². The molecule has 1 saturated carbocycles. The van der Waals surface area contributed by atoms with Crippen LogP contribution in [0.15, 0.2) is 66.8 Å². The van der Waals surface area contributed by atoms with Crippen molar-refractivity contribution in [2.45, 2.75) is 91.9 Å². The van der Waals surface area contributed by atoms with Crippen LogP contribution in [0.25, 0.3) is 0 Å². The highest BCUT2D eigenvalue weighted by atomic mass is 14.9. The van der Waals surface area contributed by atoms with Crippen LogP contribution in [-0.2, 0) is 11.8 Å². The zero-order valence-electron chi connectivity index (χ0n) is 22.6. The van der Waals surface area contributed by atoms with Crippen LogP contribution in [0.3, 0.4) is 0 Å². The van der Waals surface area contributed by atoms with Crippen molar-refractivity contribution in [3.8, 4) is 0 Å². The molecule has 1 N–H and O–H groups in total. The molecule has 0 saturated heterocycles. The highest BCUT2D eigenvalue weighted by Crippen LogP contribution is 2.50. The van der Waals surface area contributed by atoms with Crippen molar-refractivity contribution in [2.24, 2.45) is 17.8 Å². The smallest absolute Gasteiger partial charge is 0.0416 e. The van der Waals surface area contributed by atoms with E-state index in [-0.39, 0.29) is 5.41 Å². The molecule has 34 heavy (non-hydrogen) atoms. The SMILES string of the molecule is C=C1CC(C)(c2cccc(Nc3cccc(CC(C)C)c3)c2C)CC(=C)C1C(CCC)CCC. The van der Waals surface area contributed by atoms with Crippen molar-refractivity contribution in [3.05, 3.63) is 83.5 Å². The molecule has 0 radical (unpaired) electrons. The second kappa shape index (κ2) is 11.4. The third-order valence-corrected chi connectivity index (χ3v) is 7.74. The molecule has 1 aliphatic rings. The quantitative estimate of drug-likeness (QED) is 0.350. The Morgan fingerprint density at radius 3 is 2.18 bits per heavy atom. The van der Waals surface area contributed by atoms with Crippen molar-refractivity contribution in [2.75, 3.05) is 5.32 Å². The first kappa shape index (κ1) is 26.3. The van der Waals surface area contributed by atoms with Gasteiger partial charge in [0.2, 0.25) is 0 Å². The summed E-state index contributed by atoms with van der Waals surface area (Å²) in [5, 5.41) is 3.72. The minimum absolute atomic E-state index is 0.0505. The Kier molecular flexibility index (Phi) is 8.85. The second-order valence-corrected chi connectivity index (χ2v) is 11.4. The predicted molar refractivity (Wildman–Crippen MR) is 151 cm³/mol. The molecule has 1 aliphatic carbocycles. The molecule has 0 bridgehead atoms. The van der Waals surface area contributed by atoms with E-state index < -0.39 is 0 Å². The molecule has 0 aromatic heterocycles. The van der Waals surface area contributed by atoms with Gasteiger partial charge in [-0.05, 0) is 85.8 Å². The van der Waals surface area contributed by atoms with Crippen LogP contribution in [0.5, 0.6) is 0 Å². The van der Waals surface area contributed by atoms with E-state index in [4.69, 9.17) is 0 Å². The van der Waals surface area contributed by atoms with Gasteiger partial charge in [-0.3, -0.25) is 0 Å². The Hall–Kier alpha value is -2.28. The van der Waals surface area contributed by atoms with Crippen LogP contribution in [0.1, 0.15) is 89.8 Å². The third-order valence-electron chi connectivity index (χ3n) is 7.74. The number of hydrogen-bond acceptors (Lipinski definition) is 1. The van der Waals surface area contributed by atoms with Gasteiger partial charge in [0.05, 0.1) is 0 Å². The zero-order chi connectivity index (χ0) is 24.9. The molecule has 1 heteroatoms. The Morgan fingerprint density at radius 2 is 1.59 bits per heavy atom. The molecule has 1 fully saturated rings. The Labute approximate surface area is 209 Å². The molecule has 2 aromatic rings. The van der Waals surface area contributed by atoms with E-state index in [1.165, 1.54) is 64.9 Å². The highest BCUT2D eigenvalue weighted by molar-refractivity contribution is 5.66. The molecule has 0 amide bonds. The monoisotopic (exact) mass is 457 g/mol. The lowest BCUT2D eigenvalue weighted by Gasteiger charge is -2.44. The summed E-state index contributed by atoms with van der Waals surface area (Å²) in [7, 11) is 0. The van der Waals surface area contributed by atoms with Gasteiger partial charge >= 0.3 is 0 Å². The maximum absolute atomic E-state index is 4.63. The highest BCUT2D eigenvalue weighted by Gasteiger charge is 2.40. The van der Waals surface area contributed by atoms with E-state index in [0.717, 1.165) is 19.3 Å². The molecule has 3 rings (SSSR count). The summed E-state index contributed by atoms with van der Waals surface area (Å²) in [4.78, 5) is 0. The first-order valence-electron chi connectivity index (χ1n) is 13.5. The maximum atomic E-state index is 4.63. The number of allylic oxidation sites excluding steroid dienone is 2. The first-order valence-corrected chi connectivity index (χ1v) is 13.5. The standard InChI is InChI=1S/C33H47N/c1-9-13-28(14-10-2)32-24(5)21-33(8,22-25(32)6)30-17-12-18-31(26(30)7)34-29-16-11-15-27(20-29)19-23(3)4/h11-12,15-18,20,23,28,32,34H,5-6,9-10,13-14,19,21-22H2,1-4,7-8H3. The number of rotatable bonds is 10. The fourth-order valence-corrected chi connectivity index (χ4v) is 6.48. The number of hydrogen-bond donors (Lipinski definition) is 1. The number of benzene rings is 2. The molecule has 0 atom stereocenters. The number of anilines is 2. The number of nitrogens with one attached hydrogen (secondary N) is 1. The van der Waals surface area contributed by atoms with E-state index in [9.17, 15) is 0 Å². The fraction of sp³-hybridized carbons (Fsp3) is 0.515. The Morgan fingerprint density at radius 1 is 0.971 bits per heavy atom. The zero-order valence-corrected chi connectivity index (χ0v) is 22.6. The van der Waals surface area contributed by atoms with Gasteiger partial charge in [0.15, 0.2) is 0 Å². The maximum Gasteiger partial charge on any atom is 0.0416 e. The summed E-state index contributed by atoms with van der Waals surface area (Å²) < 4.78 is 0. The van der Waals surface area contributed by atoms with Gasteiger partial charge in [0, 0.05) is 22.7 Å². The Bertz CT molecular complexity index is 971. The third kappa shape index (κ3) is 6.04.